The summed E-state index contributed by atoms with van der Waals surface area (Å²) < 4.78 is 7.17. The van der Waals surface area contributed by atoms with Crippen LogP contribution in [-0.2, 0) is 0 Å². The molecule has 0 bridgehead atoms. The molecular weight excluding hydrogens is 290 g/mol. The molecule has 5 nitrogen and oxygen atoms in total. The number of imidazole rings is 1. The molecule has 0 radical (unpaired) electrons. The monoisotopic (exact) mass is 309 g/mol. The summed E-state index contributed by atoms with van der Waals surface area (Å²) in [6.45, 7) is 6.23. The predicted octanol–water partition coefficient (Wildman–Crippen LogP) is 4.84. The van der Waals surface area contributed by atoms with Crippen molar-refractivity contribution in [2.45, 2.75) is 26.7 Å². The van der Waals surface area contributed by atoms with E-state index in [1.54, 1.807) is 11.5 Å². The Morgan fingerprint density at radius 1 is 1.22 bits per heavy atom. The van der Waals surface area contributed by atoms with Crippen molar-refractivity contribution >= 4 is 11.5 Å². The maximum atomic E-state index is 11.4. The molecule has 0 atom stereocenters. The fourth-order valence-corrected chi connectivity index (χ4v) is 2.67. The van der Waals surface area contributed by atoms with Crippen LogP contribution in [0.3, 0.4) is 0 Å². The van der Waals surface area contributed by atoms with Crippen LogP contribution in [0, 0.1) is 11.8 Å². The minimum absolute atomic E-state index is 0.291. The summed E-state index contributed by atoms with van der Waals surface area (Å²) in [5, 5.41) is 3.21. The van der Waals surface area contributed by atoms with Gasteiger partial charge in [0.1, 0.15) is 17.1 Å². The highest BCUT2D eigenvalue weighted by molar-refractivity contribution is 5.79. The van der Waals surface area contributed by atoms with Gasteiger partial charge >= 0.3 is 0 Å². The smallest absolute Gasteiger partial charge is 0.209 e. The van der Waals surface area contributed by atoms with E-state index in [0.29, 0.717) is 28.8 Å². The zero-order valence-corrected chi connectivity index (χ0v) is 13.7. The number of rotatable bonds is 4. The standard InChI is InChI=1S/C18H19N3O2/c1-11(2)13-5-6-15(23-4)14(10-13)17-18(20-22)21-8-7-12(3)9-16(21)19-17/h5-11H,1-4H3. The van der Waals surface area contributed by atoms with E-state index in [0.717, 1.165) is 16.7 Å². The number of ether oxygens (including phenoxy) is 1. The van der Waals surface area contributed by atoms with Gasteiger partial charge in [0, 0.05) is 11.8 Å². The lowest BCUT2D eigenvalue weighted by Crippen LogP contribution is -1.93. The second-order valence-electron chi connectivity index (χ2n) is 5.92. The summed E-state index contributed by atoms with van der Waals surface area (Å²) in [5.74, 6) is 1.34. The first kappa shape index (κ1) is 15.2. The van der Waals surface area contributed by atoms with Gasteiger partial charge in [-0.15, -0.1) is 4.91 Å². The highest BCUT2D eigenvalue weighted by Gasteiger charge is 2.19. The van der Waals surface area contributed by atoms with Crippen molar-refractivity contribution in [3.63, 3.8) is 0 Å². The molecule has 2 heterocycles. The van der Waals surface area contributed by atoms with Crippen molar-refractivity contribution in [1.82, 2.24) is 9.38 Å². The molecule has 2 aromatic heterocycles. The normalized spacial score (nSPS) is 11.2. The van der Waals surface area contributed by atoms with Crippen molar-refractivity contribution in [1.29, 1.82) is 0 Å². The molecule has 0 N–H and O–H groups in total. The van der Waals surface area contributed by atoms with Gasteiger partial charge in [-0.05, 0) is 53.4 Å². The minimum Gasteiger partial charge on any atom is -0.496 e. The number of aryl methyl sites for hydroxylation is 1. The lowest BCUT2D eigenvalue weighted by Gasteiger charge is -2.11. The Labute approximate surface area is 134 Å². The third kappa shape index (κ3) is 2.59. The van der Waals surface area contributed by atoms with Crippen molar-refractivity contribution in [2.24, 2.45) is 5.18 Å². The molecule has 118 valence electrons. The van der Waals surface area contributed by atoms with Crippen LogP contribution in [0.15, 0.2) is 41.7 Å². The van der Waals surface area contributed by atoms with Gasteiger partial charge in [0.05, 0.1) is 7.11 Å². The molecule has 0 aliphatic rings. The van der Waals surface area contributed by atoms with Gasteiger partial charge in [0.2, 0.25) is 5.82 Å². The number of aromatic nitrogens is 2. The molecule has 0 aliphatic heterocycles. The average Bonchev–Trinajstić information content (AvgIpc) is 2.91. The van der Waals surface area contributed by atoms with Gasteiger partial charge in [-0.2, -0.15) is 0 Å². The number of nitroso groups, excluding NO2 is 1. The topological polar surface area (TPSA) is 56.0 Å². The number of fused-ring (bicyclic) bond motifs is 1. The molecule has 0 saturated heterocycles. The number of pyridine rings is 1. The van der Waals surface area contributed by atoms with Crippen LogP contribution >= 0.6 is 0 Å². The molecule has 0 unspecified atom stereocenters. The number of methoxy groups -OCH3 is 1. The number of nitrogens with zero attached hydrogens (tertiary/aromatic N) is 3. The summed E-state index contributed by atoms with van der Waals surface area (Å²) in [5.41, 5.74) is 4.27. The molecule has 0 spiro atoms. The Kier molecular flexibility index (Phi) is 3.86. The highest BCUT2D eigenvalue weighted by atomic mass is 16.5. The quantitative estimate of drug-likeness (QED) is 0.648. The summed E-state index contributed by atoms with van der Waals surface area (Å²) in [4.78, 5) is 16.0. The Morgan fingerprint density at radius 3 is 2.65 bits per heavy atom. The third-order valence-corrected chi connectivity index (χ3v) is 3.99. The van der Waals surface area contributed by atoms with Gasteiger partial charge < -0.3 is 4.74 Å². The first-order valence-corrected chi connectivity index (χ1v) is 7.55. The Bertz CT molecular complexity index is 881. The largest absolute Gasteiger partial charge is 0.496 e. The molecule has 0 fully saturated rings. The van der Waals surface area contributed by atoms with Crippen LogP contribution in [-0.4, -0.2) is 16.5 Å². The zero-order valence-electron chi connectivity index (χ0n) is 13.7. The summed E-state index contributed by atoms with van der Waals surface area (Å²) in [6.07, 6.45) is 1.82. The number of hydrogen-bond acceptors (Lipinski definition) is 4. The Morgan fingerprint density at radius 2 is 2.00 bits per heavy atom. The fraction of sp³-hybridized carbons (Fsp3) is 0.278. The van der Waals surface area contributed by atoms with Crippen LogP contribution in [0.25, 0.3) is 16.9 Å². The van der Waals surface area contributed by atoms with Gasteiger partial charge in [0.25, 0.3) is 0 Å². The third-order valence-electron chi connectivity index (χ3n) is 3.99. The average molecular weight is 309 g/mol. The van der Waals surface area contributed by atoms with E-state index >= 15 is 0 Å². The van der Waals surface area contributed by atoms with E-state index < -0.39 is 0 Å². The molecular formula is C18H19N3O2. The van der Waals surface area contributed by atoms with Gasteiger partial charge in [-0.3, -0.25) is 4.40 Å². The maximum Gasteiger partial charge on any atom is 0.209 e. The van der Waals surface area contributed by atoms with Gasteiger partial charge in [0.15, 0.2) is 0 Å². The molecule has 0 aliphatic carbocycles. The lowest BCUT2D eigenvalue weighted by molar-refractivity contribution is 0.416. The van der Waals surface area contributed by atoms with E-state index in [-0.39, 0.29) is 0 Å². The molecule has 1 aromatic carbocycles. The van der Waals surface area contributed by atoms with E-state index in [2.05, 4.69) is 24.0 Å². The van der Waals surface area contributed by atoms with Crippen molar-refractivity contribution in [2.75, 3.05) is 7.11 Å². The minimum atomic E-state index is 0.291. The first-order valence-electron chi connectivity index (χ1n) is 7.55. The van der Waals surface area contributed by atoms with Crippen LogP contribution in [0.1, 0.15) is 30.9 Å². The van der Waals surface area contributed by atoms with Gasteiger partial charge in [-0.1, -0.05) is 19.9 Å². The van der Waals surface area contributed by atoms with Crippen molar-refractivity contribution in [3.8, 4) is 17.0 Å². The summed E-state index contributed by atoms with van der Waals surface area (Å²) in [7, 11) is 1.61. The van der Waals surface area contributed by atoms with Crippen molar-refractivity contribution < 1.29 is 4.74 Å². The SMILES string of the molecule is COc1ccc(C(C)C)cc1-c1nc2cc(C)ccn2c1N=O. The molecule has 3 rings (SSSR count). The van der Waals surface area contributed by atoms with Crippen molar-refractivity contribution in [3.05, 3.63) is 52.6 Å². The number of benzene rings is 1. The molecule has 3 aromatic rings. The van der Waals surface area contributed by atoms with Crippen LogP contribution in [0.2, 0.25) is 0 Å². The van der Waals surface area contributed by atoms with E-state index in [1.807, 2.05) is 43.5 Å². The lowest BCUT2D eigenvalue weighted by atomic mass is 9.99. The van der Waals surface area contributed by atoms with Crippen LogP contribution in [0.5, 0.6) is 5.75 Å². The number of hydrogen-bond donors (Lipinski definition) is 0. The predicted molar refractivity (Wildman–Crippen MR) is 91.5 cm³/mol. The maximum absolute atomic E-state index is 11.4. The summed E-state index contributed by atoms with van der Waals surface area (Å²) >= 11 is 0. The fourth-order valence-electron chi connectivity index (χ4n) is 2.67. The van der Waals surface area contributed by atoms with Crippen LogP contribution < -0.4 is 4.74 Å². The molecule has 0 amide bonds. The van der Waals surface area contributed by atoms with E-state index in [9.17, 15) is 4.91 Å². The first-order chi connectivity index (χ1) is 11.0. The highest BCUT2D eigenvalue weighted by Crippen LogP contribution is 2.38. The Hall–Kier alpha value is -2.69. The van der Waals surface area contributed by atoms with Crippen LogP contribution in [0.4, 0.5) is 5.82 Å². The molecule has 5 heteroatoms. The second kappa shape index (κ2) is 5.83. The Balaban J connectivity index is 2.31. The van der Waals surface area contributed by atoms with E-state index in [1.165, 1.54) is 0 Å². The second-order valence-corrected chi connectivity index (χ2v) is 5.92. The van der Waals surface area contributed by atoms with E-state index in [4.69, 9.17) is 4.74 Å². The van der Waals surface area contributed by atoms with Gasteiger partial charge in [-0.25, -0.2) is 4.98 Å². The molecule has 23 heavy (non-hydrogen) atoms. The summed E-state index contributed by atoms with van der Waals surface area (Å²) in [6, 6.07) is 9.81. The zero-order chi connectivity index (χ0) is 16.6. The molecule has 0 saturated carbocycles.